The van der Waals surface area contributed by atoms with Gasteiger partial charge in [-0.3, -0.25) is 9.36 Å². The minimum absolute atomic E-state index is 0.0665. The maximum atomic E-state index is 13.1. The van der Waals surface area contributed by atoms with E-state index in [2.05, 4.69) is 4.98 Å². The highest BCUT2D eigenvalue weighted by atomic mass is 16.1. The van der Waals surface area contributed by atoms with Crippen LogP contribution in [0.15, 0.2) is 71.7 Å². The summed E-state index contributed by atoms with van der Waals surface area (Å²) in [4.78, 5) is 22.4. The monoisotopic (exact) mass is 326 g/mol. The zero-order chi connectivity index (χ0) is 17.0. The molecule has 2 aromatic carbocycles. The molecule has 0 unspecified atom stereocenters. The summed E-state index contributed by atoms with van der Waals surface area (Å²) in [6.07, 6.45) is 1.77. The van der Waals surface area contributed by atoms with Crippen molar-refractivity contribution in [1.29, 1.82) is 0 Å². The molecule has 0 aliphatic carbocycles. The van der Waals surface area contributed by atoms with Gasteiger partial charge in [0.05, 0.1) is 21.9 Å². The van der Waals surface area contributed by atoms with Gasteiger partial charge in [0.2, 0.25) is 5.78 Å². The normalized spacial score (nSPS) is 11.6. The molecule has 5 nitrogen and oxygen atoms in total. The van der Waals surface area contributed by atoms with Crippen LogP contribution in [0.5, 0.6) is 0 Å². The van der Waals surface area contributed by atoms with E-state index in [4.69, 9.17) is 4.98 Å². The Hall–Kier alpha value is -3.47. The second-order valence-corrected chi connectivity index (χ2v) is 6.09. The van der Waals surface area contributed by atoms with Gasteiger partial charge in [0.1, 0.15) is 5.82 Å². The topological polar surface area (TPSA) is 52.2 Å². The lowest BCUT2D eigenvalue weighted by molar-refractivity contribution is 1.00. The van der Waals surface area contributed by atoms with Crippen molar-refractivity contribution in [3.8, 4) is 5.82 Å². The third-order valence-electron chi connectivity index (χ3n) is 4.45. The first-order valence-electron chi connectivity index (χ1n) is 8.08. The summed E-state index contributed by atoms with van der Waals surface area (Å²) in [6.45, 7) is 2.02. The number of benzene rings is 2. The Labute approximate surface area is 142 Å². The molecule has 0 saturated carbocycles. The van der Waals surface area contributed by atoms with Gasteiger partial charge in [0.15, 0.2) is 0 Å². The first-order chi connectivity index (χ1) is 12.2. The molecule has 120 valence electrons. The van der Waals surface area contributed by atoms with Crippen LogP contribution >= 0.6 is 0 Å². The van der Waals surface area contributed by atoms with Gasteiger partial charge < -0.3 is 0 Å². The predicted molar refractivity (Wildman–Crippen MR) is 98.3 cm³/mol. The fraction of sp³-hybridized carbons (Fsp3) is 0.0500. The second-order valence-electron chi connectivity index (χ2n) is 6.09. The lowest BCUT2D eigenvalue weighted by Gasteiger charge is -2.06. The zero-order valence-electron chi connectivity index (χ0n) is 13.5. The smallest absolute Gasteiger partial charge is 0.267 e. The number of hydrogen-bond acceptors (Lipinski definition) is 3. The fourth-order valence-electron chi connectivity index (χ4n) is 3.31. The van der Waals surface area contributed by atoms with E-state index >= 15 is 0 Å². The number of aryl methyl sites for hydroxylation is 1. The zero-order valence-corrected chi connectivity index (χ0v) is 13.5. The maximum Gasteiger partial charge on any atom is 0.267 e. The third-order valence-corrected chi connectivity index (χ3v) is 4.45. The van der Waals surface area contributed by atoms with Crippen LogP contribution in [0.4, 0.5) is 0 Å². The van der Waals surface area contributed by atoms with Gasteiger partial charge in [-0.1, -0.05) is 24.3 Å². The van der Waals surface area contributed by atoms with Gasteiger partial charge in [-0.15, -0.1) is 0 Å². The Balaban J connectivity index is 2.08. The molecule has 0 aliphatic heterocycles. The molecule has 3 aromatic heterocycles. The molecule has 5 aromatic rings. The van der Waals surface area contributed by atoms with E-state index < -0.39 is 0 Å². The number of para-hydroxylation sites is 3. The Bertz CT molecular complexity index is 1330. The van der Waals surface area contributed by atoms with E-state index in [-0.39, 0.29) is 5.56 Å². The van der Waals surface area contributed by atoms with Gasteiger partial charge >= 0.3 is 0 Å². The van der Waals surface area contributed by atoms with Crippen LogP contribution in [0.1, 0.15) is 5.56 Å². The highest BCUT2D eigenvalue weighted by molar-refractivity contribution is 5.87. The second kappa shape index (κ2) is 5.01. The van der Waals surface area contributed by atoms with E-state index in [1.165, 1.54) is 0 Å². The first kappa shape index (κ1) is 13.9. The minimum atomic E-state index is -0.0665. The predicted octanol–water partition coefficient (Wildman–Crippen LogP) is 3.50. The van der Waals surface area contributed by atoms with Crippen LogP contribution in [0, 0.1) is 6.92 Å². The molecule has 0 saturated heterocycles. The molecule has 0 amide bonds. The quantitative estimate of drug-likeness (QED) is 0.474. The van der Waals surface area contributed by atoms with E-state index in [0.717, 1.165) is 22.4 Å². The van der Waals surface area contributed by atoms with Crippen molar-refractivity contribution in [3.63, 3.8) is 0 Å². The van der Waals surface area contributed by atoms with Crippen LogP contribution in [0.2, 0.25) is 0 Å². The number of fused-ring (bicyclic) bond motifs is 4. The summed E-state index contributed by atoms with van der Waals surface area (Å²) in [5.74, 6) is 1.32. The SMILES string of the molecule is Cc1ccnc(-n2c3ccccc3n3c(=O)c4ccccc4nc23)c1. The van der Waals surface area contributed by atoms with Crippen molar-refractivity contribution in [2.24, 2.45) is 0 Å². The lowest BCUT2D eigenvalue weighted by Crippen LogP contribution is -2.15. The van der Waals surface area contributed by atoms with Gasteiger partial charge in [-0.25, -0.2) is 14.4 Å². The maximum absolute atomic E-state index is 13.1. The molecule has 3 heterocycles. The Morgan fingerprint density at radius 3 is 2.52 bits per heavy atom. The lowest BCUT2D eigenvalue weighted by atomic mass is 10.2. The van der Waals surface area contributed by atoms with Gasteiger partial charge in [0.25, 0.3) is 5.56 Å². The number of hydrogen-bond donors (Lipinski definition) is 0. The standard InChI is InChI=1S/C20H14N4O/c1-13-10-11-21-18(12-13)23-16-8-4-5-9-17(16)24-19(25)14-6-2-3-7-15(14)22-20(23)24/h2-12H,1H3. The molecule has 25 heavy (non-hydrogen) atoms. The van der Waals surface area contributed by atoms with Crippen LogP contribution < -0.4 is 5.56 Å². The van der Waals surface area contributed by atoms with Crippen LogP contribution in [0.25, 0.3) is 33.5 Å². The third kappa shape index (κ3) is 1.92. The number of aromatic nitrogens is 4. The number of pyridine rings is 1. The molecule has 5 rings (SSSR count). The van der Waals surface area contributed by atoms with Crippen molar-refractivity contribution in [2.45, 2.75) is 6.92 Å². The van der Waals surface area contributed by atoms with Crippen molar-refractivity contribution in [3.05, 3.63) is 82.8 Å². The summed E-state index contributed by atoms with van der Waals surface area (Å²) < 4.78 is 3.61. The van der Waals surface area contributed by atoms with Gasteiger partial charge in [-0.05, 0) is 48.9 Å². The van der Waals surface area contributed by atoms with E-state index in [1.807, 2.05) is 72.2 Å². The Morgan fingerprint density at radius 2 is 1.68 bits per heavy atom. The molecule has 0 radical (unpaired) electrons. The highest BCUT2D eigenvalue weighted by Crippen LogP contribution is 2.23. The van der Waals surface area contributed by atoms with Gasteiger partial charge in [0, 0.05) is 6.20 Å². The molecule has 0 bridgehead atoms. The van der Waals surface area contributed by atoms with Crippen molar-refractivity contribution in [1.82, 2.24) is 18.9 Å². The molecule has 0 fully saturated rings. The molecule has 0 spiro atoms. The molecular formula is C20H14N4O. The van der Waals surface area contributed by atoms with Crippen molar-refractivity contribution in [2.75, 3.05) is 0 Å². The Kier molecular flexibility index (Phi) is 2.79. The number of rotatable bonds is 1. The van der Waals surface area contributed by atoms with Crippen molar-refractivity contribution >= 4 is 27.7 Å². The molecule has 0 atom stereocenters. The number of imidazole rings is 1. The van der Waals surface area contributed by atoms with E-state index in [0.29, 0.717) is 16.7 Å². The summed E-state index contributed by atoms with van der Waals surface area (Å²) in [7, 11) is 0. The first-order valence-corrected chi connectivity index (χ1v) is 8.08. The summed E-state index contributed by atoms with van der Waals surface area (Å²) >= 11 is 0. The van der Waals surface area contributed by atoms with Crippen LogP contribution in [-0.4, -0.2) is 18.9 Å². The van der Waals surface area contributed by atoms with Gasteiger partial charge in [-0.2, -0.15) is 0 Å². The fourth-order valence-corrected chi connectivity index (χ4v) is 3.31. The minimum Gasteiger partial charge on any atom is -0.268 e. The summed E-state index contributed by atoms with van der Waals surface area (Å²) in [5.41, 5.74) is 3.45. The summed E-state index contributed by atoms with van der Waals surface area (Å²) in [6, 6.07) is 19.2. The Morgan fingerprint density at radius 1 is 0.920 bits per heavy atom. The average Bonchev–Trinajstić information content (AvgIpc) is 2.96. The van der Waals surface area contributed by atoms with E-state index in [9.17, 15) is 4.79 Å². The largest absolute Gasteiger partial charge is 0.268 e. The molecular weight excluding hydrogens is 312 g/mol. The van der Waals surface area contributed by atoms with E-state index in [1.54, 1.807) is 10.6 Å². The van der Waals surface area contributed by atoms with Crippen LogP contribution in [-0.2, 0) is 0 Å². The van der Waals surface area contributed by atoms with Crippen LogP contribution in [0.3, 0.4) is 0 Å². The molecule has 5 heteroatoms. The molecule has 0 aliphatic rings. The summed E-state index contributed by atoms with van der Waals surface area (Å²) in [5, 5.41) is 0.611. The number of nitrogens with zero attached hydrogens (tertiary/aromatic N) is 4. The molecule has 0 N–H and O–H groups in total. The highest BCUT2D eigenvalue weighted by Gasteiger charge is 2.17. The van der Waals surface area contributed by atoms with Crippen molar-refractivity contribution < 1.29 is 0 Å². The average molecular weight is 326 g/mol.